The van der Waals surface area contributed by atoms with Gasteiger partial charge in [-0.3, -0.25) is 15.0 Å². The predicted molar refractivity (Wildman–Crippen MR) is 146 cm³/mol. The molecule has 8 nitrogen and oxygen atoms in total. The number of hydrogen-bond acceptors (Lipinski definition) is 6. The summed E-state index contributed by atoms with van der Waals surface area (Å²) in [5.74, 6) is 2.25. The van der Waals surface area contributed by atoms with E-state index < -0.39 is 0 Å². The molecule has 0 radical (unpaired) electrons. The maximum absolute atomic E-state index is 6.20. The Morgan fingerprint density at radius 3 is 2.65 bits per heavy atom. The van der Waals surface area contributed by atoms with Gasteiger partial charge in [-0.05, 0) is 66.5 Å². The minimum atomic E-state index is 0.740. The molecule has 0 amide bonds. The van der Waals surface area contributed by atoms with Crippen molar-refractivity contribution in [3.8, 4) is 23.0 Å². The van der Waals surface area contributed by atoms with Crippen LogP contribution < -0.4 is 4.74 Å². The summed E-state index contributed by atoms with van der Waals surface area (Å²) in [6, 6.07) is 20.4. The number of benzene rings is 3. The van der Waals surface area contributed by atoms with Crippen LogP contribution in [0.25, 0.3) is 44.2 Å². The Balaban J connectivity index is 1.17. The summed E-state index contributed by atoms with van der Waals surface area (Å²) in [4.78, 5) is 17.4. The van der Waals surface area contributed by atoms with Crippen LogP contribution >= 0.6 is 0 Å². The van der Waals surface area contributed by atoms with Crippen LogP contribution in [0, 0.1) is 0 Å². The van der Waals surface area contributed by atoms with Gasteiger partial charge in [0.05, 0.1) is 16.6 Å². The van der Waals surface area contributed by atoms with E-state index in [1.165, 1.54) is 5.56 Å². The van der Waals surface area contributed by atoms with Crippen molar-refractivity contribution < 1.29 is 4.74 Å². The topological polar surface area (TPSA) is 86.0 Å². The van der Waals surface area contributed by atoms with Gasteiger partial charge in [-0.25, -0.2) is 4.98 Å². The van der Waals surface area contributed by atoms with Gasteiger partial charge < -0.3 is 14.6 Å². The monoisotopic (exact) mass is 489 g/mol. The lowest BCUT2D eigenvalue weighted by atomic mass is 10.1. The van der Waals surface area contributed by atoms with Crippen LogP contribution in [0.3, 0.4) is 0 Å². The van der Waals surface area contributed by atoms with E-state index in [9.17, 15) is 0 Å². The van der Waals surface area contributed by atoms with Gasteiger partial charge in [-0.15, -0.1) is 0 Å². The second-order valence-corrected chi connectivity index (χ2v) is 9.78. The van der Waals surface area contributed by atoms with E-state index in [1.54, 1.807) is 6.20 Å². The predicted octanol–water partition coefficient (Wildman–Crippen LogP) is 5.19. The molecule has 8 heteroatoms. The van der Waals surface area contributed by atoms with E-state index in [4.69, 9.17) is 9.72 Å². The average Bonchev–Trinajstić information content (AvgIpc) is 3.53. The normalized spacial score (nSPS) is 15.2. The third kappa shape index (κ3) is 4.30. The maximum atomic E-state index is 6.20. The molecule has 0 saturated carbocycles. The second kappa shape index (κ2) is 8.99. The molecular formula is C29H27N7O. The van der Waals surface area contributed by atoms with Gasteiger partial charge in [0, 0.05) is 55.9 Å². The third-order valence-electron chi connectivity index (χ3n) is 7.15. The van der Waals surface area contributed by atoms with E-state index in [1.807, 2.05) is 48.7 Å². The SMILES string of the molecule is CN1CCN(Cc2ccc3nc(-c4n[nH]c5ccc(Oc6ccc7ccncc7c6)cc45)[nH]c3c2)CC1. The number of rotatable bonds is 5. The number of aromatic nitrogens is 5. The molecule has 3 aromatic carbocycles. The van der Waals surface area contributed by atoms with Crippen LogP contribution in [-0.2, 0) is 6.54 Å². The molecule has 4 heterocycles. The lowest BCUT2D eigenvalue weighted by molar-refractivity contribution is 0.148. The number of piperazine rings is 1. The number of nitrogens with one attached hydrogen (secondary N) is 2. The summed E-state index contributed by atoms with van der Waals surface area (Å²) in [7, 11) is 2.19. The van der Waals surface area contributed by atoms with Crippen molar-refractivity contribution in [2.45, 2.75) is 6.54 Å². The van der Waals surface area contributed by atoms with Crippen LogP contribution in [0.15, 0.2) is 73.1 Å². The molecule has 1 saturated heterocycles. The van der Waals surface area contributed by atoms with Gasteiger partial charge in [0.15, 0.2) is 5.82 Å². The molecule has 7 rings (SSSR count). The van der Waals surface area contributed by atoms with E-state index in [2.05, 4.69) is 55.2 Å². The fourth-order valence-electron chi connectivity index (χ4n) is 5.03. The van der Waals surface area contributed by atoms with Crippen molar-refractivity contribution in [2.75, 3.05) is 33.2 Å². The first-order valence-electron chi connectivity index (χ1n) is 12.6. The van der Waals surface area contributed by atoms with Crippen molar-refractivity contribution in [3.05, 3.63) is 78.6 Å². The minimum Gasteiger partial charge on any atom is -0.457 e. The Labute approximate surface area is 213 Å². The Hall–Kier alpha value is -4.27. The fourth-order valence-corrected chi connectivity index (χ4v) is 5.03. The smallest absolute Gasteiger partial charge is 0.159 e. The molecule has 2 N–H and O–H groups in total. The summed E-state index contributed by atoms with van der Waals surface area (Å²) >= 11 is 0. The zero-order chi connectivity index (χ0) is 24.8. The average molecular weight is 490 g/mol. The van der Waals surface area contributed by atoms with Gasteiger partial charge in [0.1, 0.15) is 17.2 Å². The molecule has 184 valence electrons. The van der Waals surface area contributed by atoms with Crippen LogP contribution in [0.1, 0.15) is 5.56 Å². The number of imidazole rings is 1. The molecule has 0 atom stereocenters. The number of pyridine rings is 1. The summed E-state index contributed by atoms with van der Waals surface area (Å²) in [6.07, 6.45) is 3.64. The van der Waals surface area contributed by atoms with Crippen LogP contribution in [0.5, 0.6) is 11.5 Å². The molecule has 0 spiro atoms. The highest BCUT2D eigenvalue weighted by Gasteiger charge is 2.16. The first-order chi connectivity index (χ1) is 18.2. The highest BCUT2D eigenvalue weighted by Crippen LogP contribution is 2.32. The van der Waals surface area contributed by atoms with Crippen molar-refractivity contribution in [1.82, 2.24) is 34.9 Å². The number of fused-ring (bicyclic) bond motifs is 3. The number of H-pyrrole nitrogens is 2. The van der Waals surface area contributed by atoms with Crippen molar-refractivity contribution in [2.24, 2.45) is 0 Å². The number of ether oxygens (including phenoxy) is 1. The summed E-state index contributed by atoms with van der Waals surface area (Å²) in [5, 5.41) is 10.8. The van der Waals surface area contributed by atoms with Crippen molar-refractivity contribution in [3.63, 3.8) is 0 Å². The molecule has 3 aromatic heterocycles. The molecule has 1 fully saturated rings. The summed E-state index contributed by atoms with van der Waals surface area (Å²) in [5.41, 5.74) is 4.96. The lowest BCUT2D eigenvalue weighted by Crippen LogP contribution is -2.43. The number of nitrogens with zero attached hydrogens (tertiary/aromatic N) is 5. The third-order valence-corrected chi connectivity index (χ3v) is 7.15. The van der Waals surface area contributed by atoms with E-state index >= 15 is 0 Å². The second-order valence-electron chi connectivity index (χ2n) is 9.78. The van der Waals surface area contributed by atoms with Gasteiger partial charge in [0.25, 0.3) is 0 Å². The zero-order valence-electron chi connectivity index (χ0n) is 20.6. The Morgan fingerprint density at radius 1 is 0.865 bits per heavy atom. The molecule has 6 aromatic rings. The minimum absolute atomic E-state index is 0.740. The molecule has 0 unspecified atom stereocenters. The quantitative estimate of drug-likeness (QED) is 0.346. The number of aromatic amines is 2. The lowest BCUT2D eigenvalue weighted by Gasteiger charge is -2.32. The van der Waals surface area contributed by atoms with Gasteiger partial charge in [-0.1, -0.05) is 12.1 Å². The Kier molecular flexibility index (Phi) is 5.34. The van der Waals surface area contributed by atoms with E-state index in [0.717, 1.165) is 88.4 Å². The van der Waals surface area contributed by atoms with Gasteiger partial charge >= 0.3 is 0 Å². The highest BCUT2D eigenvalue weighted by atomic mass is 16.5. The van der Waals surface area contributed by atoms with Crippen LogP contribution in [-0.4, -0.2) is 68.2 Å². The number of likely N-dealkylation sites (N-methyl/N-ethyl adjacent to an activating group) is 1. The van der Waals surface area contributed by atoms with Crippen LogP contribution in [0.2, 0.25) is 0 Å². The number of hydrogen-bond donors (Lipinski definition) is 2. The summed E-state index contributed by atoms with van der Waals surface area (Å²) < 4.78 is 6.20. The Morgan fingerprint density at radius 2 is 1.73 bits per heavy atom. The first kappa shape index (κ1) is 22.0. The van der Waals surface area contributed by atoms with Crippen molar-refractivity contribution >= 4 is 32.7 Å². The van der Waals surface area contributed by atoms with Crippen LogP contribution in [0.4, 0.5) is 0 Å². The largest absolute Gasteiger partial charge is 0.457 e. The van der Waals surface area contributed by atoms with Crippen molar-refractivity contribution in [1.29, 1.82) is 0 Å². The molecule has 0 aliphatic carbocycles. The van der Waals surface area contributed by atoms with Gasteiger partial charge in [0.2, 0.25) is 0 Å². The standard InChI is InChI=1S/C29H27N7O/c1-35-10-12-36(13-11-35)18-19-2-6-26-27(14-19)32-29(31-26)28-24-16-23(5-7-25(24)33-34-28)37-22-4-3-20-8-9-30-17-21(20)15-22/h2-9,14-17H,10-13,18H2,1H3,(H,31,32)(H,33,34). The highest BCUT2D eigenvalue weighted by molar-refractivity contribution is 5.94. The molecule has 0 bridgehead atoms. The molecule has 1 aliphatic rings. The maximum Gasteiger partial charge on any atom is 0.159 e. The summed E-state index contributed by atoms with van der Waals surface area (Å²) in [6.45, 7) is 5.39. The molecular weight excluding hydrogens is 462 g/mol. The first-order valence-corrected chi connectivity index (χ1v) is 12.6. The Bertz CT molecular complexity index is 1730. The van der Waals surface area contributed by atoms with E-state index in [0.29, 0.717) is 0 Å². The molecule has 1 aliphatic heterocycles. The van der Waals surface area contributed by atoms with Gasteiger partial charge in [-0.2, -0.15) is 5.10 Å². The fraction of sp³-hybridized carbons (Fsp3) is 0.207. The zero-order valence-corrected chi connectivity index (χ0v) is 20.6. The molecule has 37 heavy (non-hydrogen) atoms. The van der Waals surface area contributed by atoms with E-state index in [-0.39, 0.29) is 0 Å².